The number of ether oxygens (including phenoxy) is 1. The first kappa shape index (κ1) is 9.37. The Kier molecular flexibility index (Phi) is 3.39. The van der Waals surface area contributed by atoms with Gasteiger partial charge in [0.2, 0.25) is 0 Å². The Morgan fingerprint density at radius 1 is 1.17 bits per heavy atom. The zero-order valence-electron chi connectivity index (χ0n) is 8.31. The second-order valence-corrected chi connectivity index (χ2v) is 3.06. The van der Waals surface area contributed by atoms with Gasteiger partial charge < -0.3 is 4.74 Å². The monoisotopic (exact) mass is 166 g/mol. The van der Waals surface area contributed by atoms with Crippen molar-refractivity contribution in [3.63, 3.8) is 0 Å². The Morgan fingerprint density at radius 3 is 2.67 bits per heavy atom. The molecule has 0 saturated heterocycles. The van der Waals surface area contributed by atoms with E-state index >= 15 is 0 Å². The van der Waals surface area contributed by atoms with Gasteiger partial charge in [-0.25, -0.2) is 0 Å². The van der Waals surface area contributed by atoms with Crippen molar-refractivity contribution in [2.24, 2.45) is 0 Å². The van der Waals surface area contributed by atoms with Crippen molar-refractivity contribution in [2.45, 2.75) is 40.0 Å². The topological polar surface area (TPSA) is 9.23 Å². The van der Waals surface area contributed by atoms with Gasteiger partial charge in [-0.05, 0) is 31.4 Å². The summed E-state index contributed by atoms with van der Waals surface area (Å²) in [6, 6.07) is 0. The Hall–Kier alpha value is -0.720. The summed E-state index contributed by atoms with van der Waals surface area (Å²) in [6.07, 6.45) is 5.82. The lowest BCUT2D eigenvalue weighted by atomic mass is 9.98. The molecule has 0 aromatic heterocycles. The van der Waals surface area contributed by atoms with Gasteiger partial charge in [0.05, 0.1) is 6.61 Å². The molecule has 1 heteroatoms. The summed E-state index contributed by atoms with van der Waals surface area (Å²) in [5.41, 5.74) is 2.99. The predicted molar refractivity (Wildman–Crippen MR) is 51.9 cm³/mol. The van der Waals surface area contributed by atoms with Crippen molar-refractivity contribution in [2.75, 3.05) is 6.61 Å². The lowest BCUT2D eigenvalue weighted by molar-refractivity contribution is 0.256. The maximum Gasteiger partial charge on any atom is 0.118 e. The summed E-state index contributed by atoms with van der Waals surface area (Å²) in [4.78, 5) is 0. The Bertz CT molecular complexity index is 211. The van der Waals surface area contributed by atoms with Crippen LogP contribution < -0.4 is 0 Å². The van der Waals surface area contributed by atoms with E-state index in [1.807, 2.05) is 13.8 Å². The molecule has 0 N–H and O–H groups in total. The van der Waals surface area contributed by atoms with Crippen LogP contribution in [-0.2, 0) is 4.74 Å². The SMILES string of the molecule is CC.CC1=CC2=C(CCO2)CC1. The van der Waals surface area contributed by atoms with Crippen molar-refractivity contribution < 1.29 is 4.74 Å². The summed E-state index contributed by atoms with van der Waals surface area (Å²) < 4.78 is 5.43. The third-order valence-electron chi connectivity index (χ3n) is 2.21. The molecular formula is C11H18O. The van der Waals surface area contributed by atoms with Crippen LogP contribution in [0.25, 0.3) is 0 Å². The van der Waals surface area contributed by atoms with Crippen molar-refractivity contribution in [1.82, 2.24) is 0 Å². The summed E-state index contributed by atoms with van der Waals surface area (Å²) >= 11 is 0. The highest BCUT2D eigenvalue weighted by Crippen LogP contribution is 2.30. The van der Waals surface area contributed by atoms with Crippen LogP contribution in [0.4, 0.5) is 0 Å². The van der Waals surface area contributed by atoms with Crippen molar-refractivity contribution in [3.05, 3.63) is 23.0 Å². The first-order valence-electron chi connectivity index (χ1n) is 4.88. The molecule has 0 aromatic carbocycles. The highest BCUT2D eigenvalue weighted by Gasteiger charge is 2.17. The Balaban J connectivity index is 0.000000336. The van der Waals surface area contributed by atoms with E-state index < -0.39 is 0 Å². The second-order valence-electron chi connectivity index (χ2n) is 3.06. The van der Waals surface area contributed by atoms with Crippen LogP contribution >= 0.6 is 0 Å². The van der Waals surface area contributed by atoms with Crippen LogP contribution in [0.1, 0.15) is 40.0 Å². The van der Waals surface area contributed by atoms with E-state index in [2.05, 4.69) is 13.0 Å². The van der Waals surface area contributed by atoms with Crippen molar-refractivity contribution in [3.8, 4) is 0 Å². The van der Waals surface area contributed by atoms with E-state index in [-0.39, 0.29) is 0 Å². The molecule has 1 aliphatic carbocycles. The predicted octanol–water partition coefficient (Wildman–Crippen LogP) is 3.43. The number of hydrogen-bond donors (Lipinski definition) is 0. The fourth-order valence-electron chi connectivity index (χ4n) is 1.55. The molecule has 0 unspecified atom stereocenters. The average molecular weight is 166 g/mol. The van der Waals surface area contributed by atoms with Crippen molar-refractivity contribution in [1.29, 1.82) is 0 Å². The molecule has 0 spiro atoms. The van der Waals surface area contributed by atoms with E-state index in [0.717, 1.165) is 6.61 Å². The number of hydrogen-bond acceptors (Lipinski definition) is 1. The van der Waals surface area contributed by atoms with Crippen LogP contribution in [0.15, 0.2) is 23.0 Å². The Morgan fingerprint density at radius 2 is 1.92 bits per heavy atom. The minimum absolute atomic E-state index is 0.911. The number of allylic oxidation sites excluding steroid dienone is 2. The van der Waals surface area contributed by atoms with Crippen LogP contribution in [0.2, 0.25) is 0 Å². The van der Waals surface area contributed by atoms with E-state index in [9.17, 15) is 0 Å². The zero-order valence-corrected chi connectivity index (χ0v) is 8.31. The van der Waals surface area contributed by atoms with E-state index in [1.165, 1.54) is 36.2 Å². The molecule has 68 valence electrons. The average Bonchev–Trinajstić information content (AvgIpc) is 2.54. The minimum atomic E-state index is 0.911. The minimum Gasteiger partial charge on any atom is -0.493 e. The van der Waals surface area contributed by atoms with Gasteiger partial charge in [-0.1, -0.05) is 19.4 Å². The van der Waals surface area contributed by atoms with Gasteiger partial charge in [0.15, 0.2) is 0 Å². The standard InChI is InChI=1S/C9H12O.C2H6/c1-7-2-3-8-4-5-10-9(8)6-7;1-2/h6H,2-5H2,1H3;1-2H3. The van der Waals surface area contributed by atoms with Gasteiger partial charge in [-0.15, -0.1) is 0 Å². The molecule has 1 heterocycles. The van der Waals surface area contributed by atoms with E-state index in [4.69, 9.17) is 4.74 Å². The molecule has 1 aliphatic heterocycles. The lowest BCUT2D eigenvalue weighted by Gasteiger charge is -2.09. The van der Waals surface area contributed by atoms with Crippen LogP contribution in [-0.4, -0.2) is 6.61 Å². The summed E-state index contributed by atoms with van der Waals surface area (Å²) in [5.74, 6) is 1.17. The first-order valence-corrected chi connectivity index (χ1v) is 4.88. The largest absolute Gasteiger partial charge is 0.493 e. The molecule has 2 aliphatic rings. The normalized spacial score (nSPS) is 20.4. The number of rotatable bonds is 0. The third kappa shape index (κ3) is 1.90. The van der Waals surface area contributed by atoms with Gasteiger partial charge in [-0.3, -0.25) is 0 Å². The highest BCUT2D eigenvalue weighted by molar-refractivity contribution is 5.30. The summed E-state index contributed by atoms with van der Waals surface area (Å²) in [6.45, 7) is 7.08. The third-order valence-corrected chi connectivity index (χ3v) is 2.21. The van der Waals surface area contributed by atoms with Crippen LogP contribution in [0.5, 0.6) is 0 Å². The molecule has 0 fully saturated rings. The molecule has 12 heavy (non-hydrogen) atoms. The van der Waals surface area contributed by atoms with Gasteiger partial charge >= 0.3 is 0 Å². The molecular weight excluding hydrogens is 148 g/mol. The van der Waals surface area contributed by atoms with E-state index in [0.29, 0.717) is 0 Å². The molecule has 1 nitrogen and oxygen atoms in total. The summed E-state index contributed by atoms with van der Waals surface area (Å²) in [5, 5.41) is 0. The van der Waals surface area contributed by atoms with Gasteiger partial charge in [-0.2, -0.15) is 0 Å². The lowest BCUT2D eigenvalue weighted by Crippen LogP contribution is -1.92. The molecule has 0 atom stereocenters. The zero-order chi connectivity index (χ0) is 8.97. The van der Waals surface area contributed by atoms with Crippen molar-refractivity contribution >= 4 is 0 Å². The van der Waals surface area contributed by atoms with Gasteiger partial charge in [0.25, 0.3) is 0 Å². The second kappa shape index (κ2) is 4.34. The summed E-state index contributed by atoms with van der Waals surface area (Å²) in [7, 11) is 0. The van der Waals surface area contributed by atoms with Gasteiger partial charge in [0, 0.05) is 6.42 Å². The van der Waals surface area contributed by atoms with Crippen LogP contribution in [0, 0.1) is 0 Å². The molecule has 0 aromatic rings. The highest BCUT2D eigenvalue weighted by atomic mass is 16.5. The smallest absolute Gasteiger partial charge is 0.118 e. The molecule has 0 amide bonds. The fraction of sp³-hybridized carbons (Fsp3) is 0.636. The fourth-order valence-corrected chi connectivity index (χ4v) is 1.55. The Labute approximate surface area is 75.1 Å². The first-order chi connectivity index (χ1) is 5.86. The maximum absolute atomic E-state index is 5.43. The molecule has 0 saturated carbocycles. The maximum atomic E-state index is 5.43. The van der Waals surface area contributed by atoms with E-state index in [1.54, 1.807) is 0 Å². The van der Waals surface area contributed by atoms with Crippen LogP contribution in [0.3, 0.4) is 0 Å². The molecule has 0 radical (unpaired) electrons. The molecule has 2 rings (SSSR count). The van der Waals surface area contributed by atoms with Gasteiger partial charge in [0.1, 0.15) is 5.76 Å². The molecule has 0 bridgehead atoms. The quantitative estimate of drug-likeness (QED) is 0.535.